The number of hydrogen-bond acceptors (Lipinski definition) is 7. The number of carbonyl (C=O) groups is 2. The predicted molar refractivity (Wildman–Crippen MR) is 124 cm³/mol. The zero-order valence-electron chi connectivity index (χ0n) is 18.7. The number of benzene rings is 2. The summed E-state index contributed by atoms with van der Waals surface area (Å²) in [5, 5.41) is 11.3. The Bertz CT molecular complexity index is 1210. The van der Waals surface area contributed by atoms with Crippen molar-refractivity contribution in [2.24, 2.45) is 0 Å². The lowest BCUT2D eigenvalue weighted by molar-refractivity contribution is -0.132. The second kappa shape index (κ2) is 8.74. The number of furan rings is 1. The minimum Gasteiger partial charge on any atom is -0.507 e. The largest absolute Gasteiger partial charge is 0.507 e. The predicted octanol–water partition coefficient (Wildman–Crippen LogP) is 3.99. The molecule has 0 spiro atoms. The van der Waals surface area contributed by atoms with Crippen LogP contribution in [0.3, 0.4) is 0 Å². The number of amides is 1. The quantitative estimate of drug-likeness (QED) is 0.346. The molecule has 2 heterocycles. The summed E-state index contributed by atoms with van der Waals surface area (Å²) in [6, 6.07) is 14.4. The zero-order valence-corrected chi connectivity index (χ0v) is 18.7. The Hall–Kier alpha value is -4.20. The molecule has 8 nitrogen and oxygen atoms in total. The average molecular weight is 448 g/mol. The van der Waals surface area contributed by atoms with Gasteiger partial charge in [0, 0.05) is 25.5 Å². The molecule has 1 N–H and O–H groups in total. The molecule has 1 aliphatic rings. The van der Waals surface area contributed by atoms with Crippen LogP contribution in [0.15, 0.2) is 70.9 Å². The Morgan fingerprint density at radius 2 is 1.76 bits per heavy atom. The van der Waals surface area contributed by atoms with Crippen molar-refractivity contribution in [1.82, 2.24) is 0 Å². The fourth-order valence-corrected chi connectivity index (χ4v) is 3.87. The number of ketones is 1. The standard InChI is InChI=1S/C25H24N2O6/c1-26(2)15-7-9-16(10-8-15)27-22(20-6-5-13-33-20)21(24(29)25(27)30)23(28)18-14-17(31-3)11-12-19(18)32-4/h5-14,22,28H,1-4H3/b23-21-. The first-order valence-electron chi connectivity index (χ1n) is 10.2. The van der Waals surface area contributed by atoms with E-state index in [-0.39, 0.29) is 16.9 Å². The van der Waals surface area contributed by atoms with Gasteiger partial charge in [0.1, 0.15) is 29.1 Å². The minimum atomic E-state index is -0.957. The van der Waals surface area contributed by atoms with Gasteiger partial charge in [-0.1, -0.05) is 0 Å². The molecule has 0 bridgehead atoms. The van der Waals surface area contributed by atoms with Crippen molar-refractivity contribution >= 4 is 28.8 Å². The fraction of sp³-hybridized carbons (Fsp3) is 0.200. The van der Waals surface area contributed by atoms with E-state index in [1.54, 1.807) is 42.5 Å². The minimum absolute atomic E-state index is 0.0989. The van der Waals surface area contributed by atoms with Gasteiger partial charge in [0.2, 0.25) is 0 Å². The summed E-state index contributed by atoms with van der Waals surface area (Å²) in [7, 11) is 6.76. The van der Waals surface area contributed by atoms with Gasteiger partial charge in [-0.15, -0.1) is 0 Å². The van der Waals surface area contributed by atoms with E-state index in [9.17, 15) is 14.7 Å². The van der Waals surface area contributed by atoms with Crippen LogP contribution in [0.2, 0.25) is 0 Å². The van der Waals surface area contributed by atoms with Crippen LogP contribution in [-0.4, -0.2) is 45.1 Å². The number of Topliss-reactive ketones (excluding diaryl/α,β-unsaturated/α-hetero) is 1. The Morgan fingerprint density at radius 1 is 1.03 bits per heavy atom. The summed E-state index contributed by atoms with van der Waals surface area (Å²) in [4.78, 5) is 29.6. The third-order valence-electron chi connectivity index (χ3n) is 5.56. The van der Waals surface area contributed by atoms with Gasteiger partial charge < -0.3 is 23.9 Å². The topological polar surface area (TPSA) is 92.4 Å². The van der Waals surface area contributed by atoms with Gasteiger partial charge >= 0.3 is 0 Å². The number of anilines is 2. The molecule has 1 fully saturated rings. The summed E-state index contributed by atoms with van der Waals surface area (Å²) in [5.74, 6) is -0.839. The van der Waals surface area contributed by atoms with E-state index in [2.05, 4.69) is 0 Å². The van der Waals surface area contributed by atoms with Gasteiger partial charge in [-0.3, -0.25) is 14.5 Å². The number of aliphatic hydroxyl groups excluding tert-OH is 1. The normalized spacial score (nSPS) is 17.3. The third kappa shape index (κ3) is 3.80. The van der Waals surface area contributed by atoms with Gasteiger partial charge in [-0.2, -0.15) is 0 Å². The summed E-state index contributed by atoms with van der Waals surface area (Å²) >= 11 is 0. The lowest BCUT2D eigenvalue weighted by atomic mass is 9.98. The van der Waals surface area contributed by atoms with Crippen LogP contribution >= 0.6 is 0 Å². The Morgan fingerprint density at radius 3 is 2.33 bits per heavy atom. The Labute approximate surface area is 191 Å². The molecule has 1 amide bonds. The van der Waals surface area contributed by atoms with Crippen LogP contribution in [-0.2, 0) is 9.59 Å². The van der Waals surface area contributed by atoms with Crippen molar-refractivity contribution in [3.8, 4) is 11.5 Å². The van der Waals surface area contributed by atoms with E-state index in [1.165, 1.54) is 25.4 Å². The molecular formula is C25H24N2O6. The van der Waals surface area contributed by atoms with E-state index >= 15 is 0 Å². The highest BCUT2D eigenvalue weighted by Gasteiger charge is 2.48. The van der Waals surface area contributed by atoms with Crippen LogP contribution in [0, 0.1) is 0 Å². The molecule has 8 heteroatoms. The van der Waals surface area contributed by atoms with E-state index in [1.807, 2.05) is 31.1 Å². The molecule has 0 saturated carbocycles. The number of nitrogens with zero attached hydrogens (tertiary/aromatic N) is 2. The molecular weight excluding hydrogens is 424 g/mol. The molecule has 0 aliphatic carbocycles. The van der Waals surface area contributed by atoms with Crippen molar-refractivity contribution < 1.29 is 28.6 Å². The number of carbonyl (C=O) groups excluding carboxylic acids is 2. The number of hydrogen-bond donors (Lipinski definition) is 1. The summed E-state index contributed by atoms with van der Waals surface area (Å²) in [5.41, 5.74) is 1.57. The van der Waals surface area contributed by atoms with Crippen molar-refractivity contribution in [1.29, 1.82) is 0 Å². The van der Waals surface area contributed by atoms with E-state index in [0.717, 1.165) is 5.69 Å². The first kappa shape index (κ1) is 22.0. The number of ether oxygens (including phenoxy) is 2. The van der Waals surface area contributed by atoms with E-state index in [4.69, 9.17) is 13.9 Å². The van der Waals surface area contributed by atoms with E-state index < -0.39 is 17.7 Å². The van der Waals surface area contributed by atoms with Crippen LogP contribution in [0.1, 0.15) is 17.4 Å². The average Bonchev–Trinajstić information content (AvgIpc) is 3.45. The maximum absolute atomic E-state index is 13.2. The molecule has 1 unspecified atom stereocenters. The van der Waals surface area contributed by atoms with Gasteiger partial charge in [0.25, 0.3) is 11.7 Å². The van der Waals surface area contributed by atoms with Gasteiger partial charge in [-0.25, -0.2) is 0 Å². The van der Waals surface area contributed by atoms with Crippen molar-refractivity contribution in [2.45, 2.75) is 6.04 Å². The molecule has 4 rings (SSSR count). The molecule has 1 aromatic heterocycles. The fourth-order valence-electron chi connectivity index (χ4n) is 3.87. The second-order valence-electron chi connectivity index (χ2n) is 7.66. The molecule has 1 saturated heterocycles. The third-order valence-corrected chi connectivity index (χ3v) is 5.56. The van der Waals surface area contributed by atoms with Crippen molar-refractivity contribution in [3.05, 3.63) is 77.8 Å². The van der Waals surface area contributed by atoms with Gasteiger partial charge in [-0.05, 0) is 54.6 Å². The molecule has 1 aliphatic heterocycles. The maximum atomic E-state index is 13.2. The van der Waals surface area contributed by atoms with E-state index in [0.29, 0.717) is 22.9 Å². The van der Waals surface area contributed by atoms with Crippen LogP contribution in [0.4, 0.5) is 11.4 Å². The highest BCUT2D eigenvalue weighted by Crippen LogP contribution is 2.44. The van der Waals surface area contributed by atoms with Gasteiger partial charge in [0.15, 0.2) is 0 Å². The lowest BCUT2D eigenvalue weighted by Gasteiger charge is -2.24. The molecule has 33 heavy (non-hydrogen) atoms. The van der Waals surface area contributed by atoms with Crippen LogP contribution < -0.4 is 19.3 Å². The highest BCUT2D eigenvalue weighted by molar-refractivity contribution is 6.51. The summed E-state index contributed by atoms with van der Waals surface area (Å²) in [6.45, 7) is 0. The SMILES string of the molecule is COc1ccc(OC)c(/C(O)=C2/C(=O)C(=O)N(c3ccc(N(C)C)cc3)C2c2ccco2)c1. The highest BCUT2D eigenvalue weighted by atomic mass is 16.5. The molecule has 0 radical (unpaired) electrons. The summed E-state index contributed by atoms with van der Waals surface area (Å²) < 4.78 is 16.2. The van der Waals surface area contributed by atoms with Gasteiger partial charge in [0.05, 0.1) is 31.6 Å². The second-order valence-corrected chi connectivity index (χ2v) is 7.66. The maximum Gasteiger partial charge on any atom is 0.300 e. The lowest BCUT2D eigenvalue weighted by Crippen LogP contribution is -2.29. The zero-order chi connectivity index (χ0) is 23.7. The Balaban J connectivity index is 1.91. The molecule has 1 atom stereocenters. The first-order chi connectivity index (χ1) is 15.9. The van der Waals surface area contributed by atoms with Crippen molar-refractivity contribution in [2.75, 3.05) is 38.1 Å². The number of methoxy groups -OCH3 is 2. The van der Waals surface area contributed by atoms with Crippen LogP contribution in [0.5, 0.6) is 11.5 Å². The van der Waals surface area contributed by atoms with Crippen molar-refractivity contribution in [3.63, 3.8) is 0 Å². The number of aliphatic hydroxyl groups is 1. The smallest absolute Gasteiger partial charge is 0.300 e. The molecule has 3 aromatic rings. The van der Waals surface area contributed by atoms with Crippen LogP contribution in [0.25, 0.3) is 5.76 Å². The monoisotopic (exact) mass is 448 g/mol. The number of rotatable bonds is 6. The Kier molecular flexibility index (Phi) is 5.83. The first-order valence-corrected chi connectivity index (χ1v) is 10.2. The summed E-state index contributed by atoms with van der Waals surface area (Å²) in [6.07, 6.45) is 1.46. The molecule has 170 valence electrons. The molecule has 2 aromatic carbocycles.